The predicted molar refractivity (Wildman–Crippen MR) is 121 cm³/mol. The second-order valence-corrected chi connectivity index (χ2v) is 10.2. The molecule has 1 heterocycles. The molecule has 0 N–H and O–H groups in total. The first-order valence-electron chi connectivity index (χ1n) is 11.2. The monoisotopic (exact) mass is 441 g/mol. The molecule has 7 heteroatoms. The molecule has 0 bridgehead atoms. The average molecular weight is 442 g/mol. The van der Waals surface area contributed by atoms with Crippen molar-refractivity contribution in [1.82, 2.24) is 14.1 Å². The summed E-state index contributed by atoms with van der Waals surface area (Å²) >= 11 is 0. The molecule has 4 rings (SSSR count). The van der Waals surface area contributed by atoms with E-state index >= 15 is 0 Å². The van der Waals surface area contributed by atoms with Gasteiger partial charge in [-0.15, -0.1) is 0 Å². The third-order valence-electron chi connectivity index (χ3n) is 6.36. The van der Waals surface area contributed by atoms with Gasteiger partial charge in [0.25, 0.3) is 5.91 Å². The van der Waals surface area contributed by atoms with Crippen LogP contribution in [-0.2, 0) is 10.0 Å². The van der Waals surface area contributed by atoms with E-state index < -0.39 is 10.0 Å². The van der Waals surface area contributed by atoms with Crippen molar-refractivity contribution in [2.75, 3.05) is 32.7 Å². The molecule has 0 radical (unpaired) electrons. The van der Waals surface area contributed by atoms with Crippen LogP contribution in [0.3, 0.4) is 0 Å². The van der Waals surface area contributed by atoms with Crippen LogP contribution in [0.15, 0.2) is 59.5 Å². The van der Waals surface area contributed by atoms with Crippen LogP contribution >= 0.6 is 0 Å². The van der Waals surface area contributed by atoms with Gasteiger partial charge in [-0.3, -0.25) is 9.69 Å². The molecule has 0 aromatic heterocycles. The fourth-order valence-corrected chi connectivity index (χ4v) is 5.88. The Morgan fingerprint density at radius 1 is 0.968 bits per heavy atom. The standard InChI is InChI=1S/C24H31N3O3S/c1-3-26(4-2)31(29,30)22-14-10-20(11-15-22)24(28)27-17-16-25(21-12-13-21)18-23(27)19-8-6-5-7-9-19/h5-11,14-15,21,23H,3-4,12-13,16-18H2,1-2H3. The van der Waals surface area contributed by atoms with Gasteiger partial charge in [-0.2, -0.15) is 4.31 Å². The Labute approximate surface area is 185 Å². The molecule has 6 nitrogen and oxygen atoms in total. The summed E-state index contributed by atoms with van der Waals surface area (Å²) in [6.07, 6.45) is 2.50. The number of rotatable bonds is 7. The van der Waals surface area contributed by atoms with E-state index in [0.717, 1.165) is 18.7 Å². The second kappa shape index (κ2) is 9.10. The van der Waals surface area contributed by atoms with Gasteiger partial charge in [0, 0.05) is 44.3 Å². The van der Waals surface area contributed by atoms with Crippen LogP contribution in [-0.4, -0.2) is 67.2 Å². The molecule has 2 aliphatic rings. The topological polar surface area (TPSA) is 60.9 Å². The van der Waals surface area contributed by atoms with Gasteiger partial charge < -0.3 is 4.90 Å². The molecule has 166 valence electrons. The molecule has 1 amide bonds. The van der Waals surface area contributed by atoms with E-state index in [4.69, 9.17) is 0 Å². The molecule has 2 fully saturated rings. The molecule has 2 aromatic carbocycles. The maximum Gasteiger partial charge on any atom is 0.254 e. The molecule has 1 aliphatic carbocycles. The fraction of sp³-hybridized carbons (Fsp3) is 0.458. The van der Waals surface area contributed by atoms with Gasteiger partial charge in [0.1, 0.15) is 0 Å². The maximum atomic E-state index is 13.4. The third-order valence-corrected chi connectivity index (χ3v) is 8.43. The Kier molecular flexibility index (Phi) is 6.46. The lowest BCUT2D eigenvalue weighted by Crippen LogP contribution is -2.51. The molecular formula is C24H31N3O3S. The van der Waals surface area contributed by atoms with E-state index in [1.807, 2.05) is 36.9 Å². The zero-order valence-electron chi connectivity index (χ0n) is 18.3. The number of carbonyl (C=O) groups excluding carboxylic acids is 1. The maximum absolute atomic E-state index is 13.4. The van der Waals surface area contributed by atoms with Gasteiger partial charge in [-0.1, -0.05) is 44.2 Å². The summed E-state index contributed by atoms with van der Waals surface area (Å²) in [6, 6.07) is 17.3. The number of benzene rings is 2. The van der Waals surface area contributed by atoms with Gasteiger partial charge in [0.15, 0.2) is 0 Å². The summed E-state index contributed by atoms with van der Waals surface area (Å²) in [6.45, 7) is 6.89. The summed E-state index contributed by atoms with van der Waals surface area (Å²) in [7, 11) is -3.53. The first-order valence-corrected chi connectivity index (χ1v) is 12.6. The number of hydrogen-bond acceptors (Lipinski definition) is 4. The summed E-state index contributed by atoms with van der Waals surface area (Å²) in [5.41, 5.74) is 1.67. The molecule has 1 saturated heterocycles. The van der Waals surface area contributed by atoms with Crippen molar-refractivity contribution >= 4 is 15.9 Å². The minimum Gasteiger partial charge on any atom is -0.329 e. The minimum absolute atomic E-state index is 0.00198. The lowest BCUT2D eigenvalue weighted by Gasteiger charge is -2.42. The molecule has 1 aliphatic heterocycles. The number of piperazine rings is 1. The molecule has 0 spiro atoms. The molecule has 1 unspecified atom stereocenters. The Morgan fingerprint density at radius 3 is 2.19 bits per heavy atom. The highest BCUT2D eigenvalue weighted by molar-refractivity contribution is 7.89. The number of nitrogens with zero attached hydrogens (tertiary/aromatic N) is 3. The van der Waals surface area contributed by atoms with E-state index in [1.54, 1.807) is 24.3 Å². The highest BCUT2D eigenvalue weighted by Crippen LogP contribution is 2.34. The quantitative estimate of drug-likeness (QED) is 0.661. The summed E-state index contributed by atoms with van der Waals surface area (Å²) in [5.74, 6) is -0.0453. The number of amides is 1. The van der Waals surface area contributed by atoms with Crippen molar-refractivity contribution < 1.29 is 13.2 Å². The number of sulfonamides is 1. The lowest BCUT2D eigenvalue weighted by molar-refractivity contribution is 0.0433. The van der Waals surface area contributed by atoms with Crippen molar-refractivity contribution in [2.24, 2.45) is 0 Å². The smallest absolute Gasteiger partial charge is 0.254 e. The zero-order chi connectivity index (χ0) is 22.0. The average Bonchev–Trinajstić information content (AvgIpc) is 3.65. The number of hydrogen-bond donors (Lipinski definition) is 0. The van der Waals surface area contributed by atoms with Crippen LogP contribution in [0.25, 0.3) is 0 Å². The molecule has 1 atom stereocenters. The van der Waals surface area contributed by atoms with Gasteiger partial charge >= 0.3 is 0 Å². The van der Waals surface area contributed by atoms with Crippen LogP contribution in [0.4, 0.5) is 0 Å². The van der Waals surface area contributed by atoms with Crippen molar-refractivity contribution in [1.29, 1.82) is 0 Å². The van der Waals surface area contributed by atoms with E-state index in [1.165, 1.54) is 17.1 Å². The van der Waals surface area contributed by atoms with E-state index in [-0.39, 0.29) is 16.8 Å². The van der Waals surface area contributed by atoms with Crippen molar-refractivity contribution in [3.8, 4) is 0 Å². The summed E-state index contributed by atoms with van der Waals surface area (Å²) < 4.78 is 26.9. The zero-order valence-corrected chi connectivity index (χ0v) is 19.1. The van der Waals surface area contributed by atoms with Crippen LogP contribution in [0.2, 0.25) is 0 Å². The molecular weight excluding hydrogens is 410 g/mol. The Balaban J connectivity index is 1.57. The lowest BCUT2D eigenvalue weighted by atomic mass is 10.0. The summed E-state index contributed by atoms with van der Waals surface area (Å²) in [5, 5.41) is 0. The van der Waals surface area contributed by atoms with Crippen LogP contribution in [0.1, 0.15) is 48.7 Å². The van der Waals surface area contributed by atoms with Gasteiger partial charge in [-0.05, 0) is 42.7 Å². The predicted octanol–water partition coefficient (Wildman–Crippen LogP) is 3.38. The second-order valence-electron chi connectivity index (χ2n) is 8.26. The van der Waals surface area contributed by atoms with Crippen LogP contribution in [0.5, 0.6) is 0 Å². The van der Waals surface area contributed by atoms with Gasteiger partial charge in [0.05, 0.1) is 10.9 Å². The first kappa shape index (κ1) is 22.0. The normalized spacial score (nSPS) is 20.2. The van der Waals surface area contributed by atoms with Crippen molar-refractivity contribution in [3.63, 3.8) is 0 Å². The SMILES string of the molecule is CCN(CC)S(=O)(=O)c1ccc(C(=O)N2CCN(C3CC3)CC2c2ccccc2)cc1. The van der Waals surface area contributed by atoms with Crippen molar-refractivity contribution in [3.05, 3.63) is 65.7 Å². The highest BCUT2D eigenvalue weighted by Gasteiger charge is 2.38. The number of carbonyl (C=O) groups is 1. The van der Waals surface area contributed by atoms with Gasteiger partial charge in [0.2, 0.25) is 10.0 Å². The highest BCUT2D eigenvalue weighted by atomic mass is 32.2. The fourth-order valence-electron chi connectivity index (χ4n) is 4.43. The van der Waals surface area contributed by atoms with E-state index in [2.05, 4.69) is 17.0 Å². The minimum atomic E-state index is -3.53. The Hall–Kier alpha value is -2.22. The Morgan fingerprint density at radius 2 is 1.61 bits per heavy atom. The first-order chi connectivity index (χ1) is 15.0. The van der Waals surface area contributed by atoms with E-state index in [9.17, 15) is 13.2 Å². The largest absolute Gasteiger partial charge is 0.329 e. The third kappa shape index (κ3) is 4.54. The molecule has 1 saturated carbocycles. The molecule has 2 aromatic rings. The van der Waals surface area contributed by atoms with Gasteiger partial charge in [-0.25, -0.2) is 8.42 Å². The van der Waals surface area contributed by atoms with Crippen LogP contribution < -0.4 is 0 Å². The van der Waals surface area contributed by atoms with E-state index in [0.29, 0.717) is 31.2 Å². The Bertz CT molecular complexity index is 1000. The summed E-state index contributed by atoms with van der Waals surface area (Å²) in [4.78, 5) is 18.1. The molecule has 31 heavy (non-hydrogen) atoms. The van der Waals surface area contributed by atoms with Crippen LogP contribution in [0, 0.1) is 0 Å². The van der Waals surface area contributed by atoms with Crippen molar-refractivity contribution in [2.45, 2.75) is 43.7 Å².